The van der Waals surface area contributed by atoms with Crippen molar-refractivity contribution >= 4 is 17.6 Å². The second kappa shape index (κ2) is 4.89. The van der Waals surface area contributed by atoms with E-state index < -0.39 is 0 Å². The first-order chi connectivity index (χ1) is 7.70. The zero-order valence-corrected chi connectivity index (χ0v) is 9.79. The van der Waals surface area contributed by atoms with Crippen LogP contribution < -0.4 is 5.32 Å². The minimum absolute atomic E-state index is 0.220. The highest BCUT2D eigenvalue weighted by atomic mass is 35.5. The highest BCUT2D eigenvalue weighted by Crippen LogP contribution is 2.30. The molecule has 1 saturated heterocycles. The third kappa shape index (κ3) is 2.39. The molecule has 0 aliphatic carbocycles. The van der Waals surface area contributed by atoms with E-state index in [2.05, 4.69) is 5.32 Å². The maximum absolute atomic E-state index is 11.4. The summed E-state index contributed by atoms with van der Waals surface area (Å²) in [4.78, 5) is 11.4. The van der Waals surface area contributed by atoms with Crippen LogP contribution in [0.1, 0.15) is 24.5 Å². The Morgan fingerprint density at radius 3 is 3.06 bits per heavy atom. The van der Waals surface area contributed by atoms with Crippen molar-refractivity contribution < 1.29 is 13.9 Å². The summed E-state index contributed by atoms with van der Waals surface area (Å²) < 4.78 is 10.1. The van der Waals surface area contributed by atoms with Crippen molar-refractivity contribution in [2.75, 3.05) is 13.7 Å². The fourth-order valence-corrected chi connectivity index (χ4v) is 2.20. The van der Waals surface area contributed by atoms with E-state index in [1.807, 2.05) is 6.07 Å². The van der Waals surface area contributed by atoms with E-state index in [-0.39, 0.29) is 17.9 Å². The number of esters is 1. The average Bonchev–Trinajstić information content (AvgIpc) is 2.75. The van der Waals surface area contributed by atoms with Gasteiger partial charge in [-0.1, -0.05) is 0 Å². The van der Waals surface area contributed by atoms with Crippen LogP contribution in [-0.4, -0.2) is 25.7 Å². The van der Waals surface area contributed by atoms with Crippen LogP contribution in [0.3, 0.4) is 0 Å². The van der Waals surface area contributed by atoms with Gasteiger partial charge in [0.05, 0.1) is 7.11 Å². The van der Waals surface area contributed by atoms with Crippen LogP contribution in [0, 0.1) is 0 Å². The lowest BCUT2D eigenvalue weighted by Gasteiger charge is -2.27. The molecule has 4 nitrogen and oxygen atoms in total. The Morgan fingerprint density at radius 1 is 1.62 bits per heavy atom. The fraction of sp³-hybridized carbons (Fsp3) is 0.545. The van der Waals surface area contributed by atoms with Gasteiger partial charge in [-0.2, -0.15) is 0 Å². The number of carbonyl (C=O) groups excluding carboxylic acids is 1. The number of carbonyl (C=O) groups is 1. The Balaban J connectivity index is 2.04. The normalized spacial score (nSPS) is 25.4. The molecule has 1 aliphatic heterocycles. The van der Waals surface area contributed by atoms with Gasteiger partial charge in [-0.3, -0.25) is 4.79 Å². The first kappa shape index (κ1) is 11.5. The molecule has 1 aromatic rings. The number of nitrogens with one attached hydrogen (secondary N) is 1. The molecule has 5 heteroatoms. The van der Waals surface area contributed by atoms with Gasteiger partial charge in [0.15, 0.2) is 5.22 Å². The van der Waals surface area contributed by atoms with E-state index >= 15 is 0 Å². The number of furan rings is 1. The number of halogens is 1. The van der Waals surface area contributed by atoms with Gasteiger partial charge in [-0.25, -0.2) is 0 Å². The van der Waals surface area contributed by atoms with Crippen molar-refractivity contribution in [3.05, 3.63) is 23.1 Å². The van der Waals surface area contributed by atoms with Gasteiger partial charge in [0, 0.05) is 5.92 Å². The molecular formula is C11H14ClNO3. The van der Waals surface area contributed by atoms with E-state index in [0.717, 1.165) is 18.7 Å². The van der Waals surface area contributed by atoms with Crippen molar-refractivity contribution in [2.45, 2.75) is 24.8 Å². The first-order valence-electron chi connectivity index (χ1n) is 5.27. The molecule has 1 aliphatic rings. The fourth-order valence-electron chi connectivity index (χ4n) is 2.05. The quantitative estimate of drug-likeness (QED) is 0.807. The zero-order chi connectivity index (χ0) is 11.5. The van der Waals surface area contributed by atoms with Crippen molar-refractivity contribution in [1.82, 2.24) is 5.32 Å². The summed E-state index contributed by atoms with van der Waals surface area (Å²) in [6, 6.07) is 3.35. The lowest BCUT2D eigenvalue weighted by molar-refractivity contribution is -0.143. The Hall–Kier alpha value is -1.00. The standard InChI is InChI=1S/C11H14ClNO3/c1-15-11(14)8-6-7(4-5-13-8)9-2-3-10(12)16-9/h2-3,7-8,13H,4-6H2,1H3. The Labute approximate surface area is 98.9 Å². The van der Waals surface area contributed by atoms with Crippen LogP contribution in [0.25, 0.3) is 0 Å². The van der Waals surface area contributed by atoms with Crippen molar-refractivity contribution in [2.24, 2.45) is 0 Å². The SMILES string of the molecule is COC(=O)C1CC(c2ccc(Cl)o2)CCN1. The van der Waals surface area contributed by atoms with E-state index in [0.29, 0.717) is 11.6 Å². The van der Waals surface area contributed by atoms with E-state index in [4.69, 9.17) is 20.8 Å². The molecule has 0 spiro atoms. The van der Waals surface area contributed by atoms with Crippen LogP contribution in [0.15, 0.2) is 16.5 Å². The molecule has 1 N–H and O–H groups in total. The van der Waals surface area contributed by atoms with Crippen LogP contribution in [0.4, 0.5) is 0 Å². The summed E-state index contributed by atoms with van der Waals surface area (Å²) in [5, 5.41) is 3.52. The van der Waals surface area contributed by atoms with Crippen LogP contribution >= 0.6 is 11.6 Å². The predicted molar refractivity (Wildman–Crippen MR) is 59.5 cm³/mol. The van der Waals surface area contributed by atoms with Gasteiger partial charge < -0.3 is 14.5 Å². The van der Waals surface area contributed by atoms with Crippen LogP contribution in [0.2, 0.25) is 5.22 Å². The summed E-state index contributed by atoms with van der Waals surface area (Å²) in [6.07, 6.45) is 1.63. The van der Waals surface area contributed by atoms with Gasteiger partial charge >= 0.3 is 5.97 Å². The third-order valence-electron chi connectivity index (χ3n) is 2.89. The molecule has 0 aromatic carbocycles. The summed E-state index contributed by atoms with van der Waals surface area (Å²) in [5.41, 5.74) is 0. The zero-order valence-electron chi connectivity index (χ0n) is 9.03. The molecule has 2 rings (SSSR count). The van der Waals surface area contributed by atoms with Gasteiger partial charge in [-0.05, 0) is 43.1 Å². The molecule has 16 heavy (non-hydrogen) atoms. The first-order valence-corrected chi connectivity index (χ1v) is 5.65. The Bertz CT molecular complexity index is 377. The number of methoxy groups -OCH3 is 1. The molecule has 2 unspecified atom stereocenters. The summed E-state index contributed by atoms with van der Waals surface area (Å²) in [7, 11) is 1.40. The number of piperidine rings is 1. The average molecular weight is 244 g/mol. The van der Waals surface area contributed by atoms with E-state index in [1.165, 1.54) is 7.11 Å². The molecule has 1 fully saturated rings. The second-order valence-corrected chi connectivity index (χ2v) is 4.27. The van der Waals surface area contributed by atoms with Gasteiger partial charge in [0.2, 0.25) is 0 Å². The predicted octanol–water partition coefficient (Wildman–Crippen LogP) is 1.94. The summed E-state index contributed by atoms with van der Waals surface area (Å²) >= 11 is 5.73. The van der Waals surface area contributed by atoms with Crippen molar-refractivity contribution in [3.63, 3.8) is 0 Å². The summed E-state index contributed by atoms with van der Waals surface area (Å²) in [6.45, 7) is 0.781. The largest absolute Gasteiger partial charge is 0.468 e. The highest BCUT2D eigenvalue weighted by Gasteiger charge is 2.29. The maximum Gasteiger partial charge on any atom is 0.322 e. The van der Waals surface area contributed by atoms with Crippen LogP contribution in [0.5, 0.6) is 0 Å². The molecule has 0 bridgehead atoms. The van der Waals surface area contributed by atoms with Gasteiger partial charge in [-0.15, -0.1) is 0 Å². The van der Waals surface area contributed by atoms with Gasteiger partial charge in [0.1, 0.15) is 11.8 Å². The molecule has 1 aromatic heterocycles. The third-order valence-corrected chi connectivity index (χ3v) is 3.09. The van der Waals surface area contributed by atoms with Crippen LogP contribution in [-0.2, 0) is 9.53 Å². The molecule has 88 valence electrons. The number of rotatable bonds is 2. The lowest BCUT2D eigenvalue weighted by Crippen LogP contribution is -2.43. The summed E-state index contributed by atoms with van der Waals surface area (Å²) in [5.74, 6) is 0.862. The molecule has 0 radical (unpaired) electrons. The maximum atomic E-state index is 11.4. The topological polar surface area (TPSA) is 51.5 Å². The monoisotopic (exact) mass is 243 g/mol. The molecule has 2 atom stereocenters. The second-order valence-electron chi connectivity index (χ2n) is 3.89. The van der Waals surface area contributed by atoms with E-state index in [9.17, 15) is 4.79 Å². The molecule has 0 amide bonds. The number of hydrogen-bond donors (Lipinski definition) is 1. The number of hydrogen-bond acceptors (Lipinski definition) is 4. The minimum atomic E-state index is -0.243. The molecule has 0 saturated carbocycles. The Morgan fingerprint density at radius 2 is 2.44 bits per heavy atom. The molecule has 2 heterocycles. The number of ether oxygens (including phenoxy) is 1. The smallest absolute Gasteiger partial charge is 0.322 e. The van der Waals surface area contributed by atoms with Gasteiger partial charge in [0.25, 0.3) is 0 Å². The highest BCUT2D eigenvalue weighted by molar-refractivity contribution is 6.28. The molecular weight excluding hydrogens is 230 g/mol. The van der Waals surface area contributed by atoms with E-state index in [1.54, 1.807) is 6.07 Å². The Kier molecular flexibility index (Phi) is 3.51. The lowest BCUT2D eigenvalue weighted by atomic mass is 9.90. The van der Waals surface area contributed by atoms with Crippen molar-refractivity contribution in [3.8, 4) is 0 Å². The minimum Gasteiger partial charge on any atom is -0.468 e. The van der Waals surface area contributed by atoms with Crippen molar-refractivity contribution in [1.29, 1.82) is 0 Å².